The Balaban J connectivity index is 1.34. The maximum atomic E-state index is 4.32. The first-order valence-corrected chi connectivity index (χ1v) is 10.6. The summed E-state index contributed by atoms with van der Waals surface area (Å²) in [5, 5.41) is 4.32. The Hall–Kier alpha value is -2.50. The number of pyridine rings is 1. The van der Waals surface area contributed by atoms with Crippen LogP contribution in [0.5, 0.6) is 0 Å². The minimum Gasteiger partial charge on any atom is -0.299 e. The summed E-state index contributed by atoms with van der Waals surface area (Å²) >= 11 is 0. The van der Waals surface area contributed by atoms with Gasteiger partial charge in [-0.2, -0.15) is 5.10 Å². The molecule has 4 heterocycles. The molecule has 150 valence electrons. The number of aromatic nitrogens is 3. The van der Waals surface area contributed by atoms with E-state index in [-0.39, 0.29) is 5.41 Å². The number of rotatable bonds is 4. The minimum absolute atomic E-state index is 0.271. The number of likely N-dealkylation sites (tertiary alicyclic amines) is 1. The Morgan fingerprint density at radius 1 is 0.931 bits per heavy atom. The minimum atomic E-state index is 0.271. The summed E-state index contributed by atoms with van der Waals surface area (Å²) in [5.41, 5.74) is 6.03. The van der Waals surface area contributed by atoms with Gasteiger partial charge in [0.15, 0.2) is 0 Å². The van der Waals surface area contributed by atoms with Crippen LogP contribution in [-0.4, -0.2) is 44.2 Å². The molecule has 5 nitrogen and oxygen atoms in total. The van der Waals surface area contributed by atoms with Crippen molar-refractivity contribution in [3.63, 3.8) is 0 Å². The molecule has 0 saturated carbocycles. The maximum Gasteiger partial charge on any atom is 0.0534 e. The van der Waals surface area contributed by atoms with Crippen LogP contribution < -0.4 is 0 Å². The highest BCUT2D eigenvalue weighted by molar-refractivity contribution is 5.38. The molecule has 29 heavy (non-hydrogen) atoms. The Labute approximate surface area is 173 Å². The summed E-state index contributed by atoms with van der Waals surface area (Å²) in [6.07, 6.45) is 10.4. The number of aryl methyl sites for hydroxylation is 1. The van der Waals surface area contributed by atoms with Crippen LogP contribution in [0.15, 0.2) is 61.2 Å². The lowest BCUT2D eigenvalue weighted by molar-refractivity contribution is 0.0909. The van der Waals surface area contributed by atoms with Crippen molar-refractivity contribution >= 4 is 0 Å². The van der Waals surface area contributed by atoms with E-state index in [9.17, 15) is 0 Å². The van der Waals surface area contributed by atoms with Gasteiger partial charge >= 0.3 is 0 Å². The van der Waals surface area contributed by atoms with Gasteiger partial charge in [0.25, 0.3) is 0 Å². The molecule has 0 aliphatic carbocycles. The molecule has 3 aromatic rings. The van der Waals surface area contributed by atoms with Crippen molar-refractivity contribution in [2.24, 2.45) is 7.05 Å². The third-order valence-electron chi connectivity index (χ3n) is 6.64. The van der Waals surface area contributed by atoms with E-state index in [2.05, 4.69) is 62.5 Å². The summed E-state index contributed by atoms with van der Waals surface area (Å²) in [6.45, 7) is 6.48. The van der Waals surface area contributed by atoms with Gasteiger partial charge in [-0.3, -0.25) is 19.5 Å². The highest BCUT2D eigenvalue weighted by Crippen LogP contribution is 2.42. The number of nitrogens with zero attached hydrogens (tertiary/aromatic N) is 5. The molecule has 0 unspecified atom stereocenters. The van der Waals surface area contributed by atoms with Crippen molar-refractivity contribution in [1.29, 1.82) is 0 Å². The predicted molar refractivity (Wildman–Crippen MR) is 114 cm³/mol. The highest BCUT2D eigenvalue weighted by atomic mass is 15.2. The average molecular weight is 388 g/mol. The van der Waals surface area contributed by atoms with Gasteiger partial charge in [0.2, 0.25) is 0 Å². The van der Waals surface area contributed by atoms with Crippen molar-refractivity contribution in [2.45, 2.75) is 37.9 Å². The number of benzene rings is 1. The Kier molecular flexibility index (Phi) is 4.94. The zero-order valence-electron chi connectivity index (χ0n) is 17.2. The van der Waals surface area contributed by atoms with Crippen molar-refractivity contribution in [1.82, 2.24) is 24.6 Å². The fraction of sp³-hybridized carbons (Fsp3) is 0.417. The molecule has 2 aromatic heterocycles. The van der Waals surface area contributed by atoms with Gasteiger partial charge in [-0.1, -0.05) is 24.3 Å². The van der Waals surface area contributed by atoms with Gasteiger partial charge in [0.1, 0.15) is 0 Å². The molecule has 1 saturated heterocycles. The summed E-state index contributed by atoms with van der Waals surface area (Å²) in [5.74, 6) is 0. The number of hydrogen-bond donors (Lipinski definition) is 0. The van der Waals surface area contributed by atoms with Gasteiger partial charge in [0, 0.05) is 62.8 Å². The largest absolute Gasteiger partial charge is 0.299 e. The number of piperidine rings is 1. The molecular formula is C24H29N5. The van der Waals surface area contributed by atoms with Crippen molar-refractivity contribution in [2.75, 3.05) is 19.6 Å². The summed E-state index contributed by atoms with van der Waals surface area (Å²) in [4.78, 5) is 9.40. The number of fused-ring (bicyclic) bond motifs is 2. The zero-order valence-corrected chi connectivity index (χ0v) is 17.2. The third-order valence-corrected chi connectivity index (χ3v) is 6.64. The summed E-state index contributed by atoms with van der Waals surface area (Å²) in [6, 6.07) is 13.4. The van der Waals surface area contributed by atoms with E-state index in [1.165, 1.54) is 29.5 Å². The molecule has 2 aliphatic heterocycles. The second kappa shape index (κ2) is 7.73. The molecule has 2 aliphatic rings. The number of hydrogen-bond acceptors (Lipinski definition) is 4. The maximum absolute atomic E-state index is 4.32. The van der Waals surface area contributed by atoms with Gasteiger partial charge < -0.3 is 0 Å². The zero-order chi connectivity index (χ0) is 19.7. The second-order valence-corrected chi connectivity index (χ2v) is 8.74. The van der Waals surface area contributed by atoms with Crippen LogP contribution in [0.3, 0.4) is 0 Å². The van der Waals surface area contributed by atoms with Crippen molar-refractivity contribution < 1.29 is 0 Å². The normalized spacial score (nSPS) is 19.3. The molecule has 0 radical (unpaired) electrons. The Morgan fingerprint density at radius 2 is 1.69 bits per heavy atom. The van der Waals surface area contributed by atoms with Crippen LogP contribution in [0, 0.1) is 0 Å². The van der Waals surface area contributed by atoms with Crippen LogP contribution in [0.25, 0.3) is 0 Å². The smallest absolute Gasteiger partial charge is 0.0534 e. The molecular weight excluding hydrogens is 358 g/mol. The van der Waals surface area contributed by atoms with E-state index in [0.29, 0.717) is 0 Å². The van der Waals surface area contributed by atoms with Crippen LogP contribution in [0.2, 0.25) is 0 Å². The van der Waals surface area contributed by atoms with Crippen molar-refractivity contribution in [3.8, 4) is 0 Å². The lowest BCUT2D eigenvalue weighted by atomic mass is 9.68. The first-order valence-electron chi connectivity index (χ1n) is 10.6. The lowest BCUT2D eigenvalue weighted by Gasteiger charge is -2.49. The molecule has 5 heteroatoms. The predicted octanol–water partition coefficient (Wildman–Crippen LogP) is 3.36. The van der Waals surface area contributed by atoms with Crippen molar-refractivity contribution in [3.05, 3.63) is 83.4 Å². The lowest BCUT2D eigenvalue weighted by Crippen LogP contribution is -2.51. The van der Waals surface area contributed by atoms with Gasteiger partial charge in [-0.05, 0) is 54.8 Å². The van der Waals surface area contributed by atoms with E-state index in [0.717, 1.165) is 39.3 Å². The summed E-state index contributed by atoms with van der Waals surface area (Å²) in [7, 11) is 1.99. The quantitative estimate of drug-likeness (QED) is 0.688. The van der Waals surface area contributed by atoms with Gasteiger partial charge in [-0.15, -0.1) is 0 Å². The molecule has 0 amide bonds. The standard InChI is InChI=1S/C24H29N5/c1-27-15-21(14-26-27)17-28-12-8-24(9-13-28)19-29(16-20-6-10-25-11-7-20)18-22-4-2-3-5-23(22)24/h2-7,10-11,14-15H,8-9,12-13,16-19H2,1H3. The van der Waals surface area contributed by atoms with Crippen LogP contribution >= 0.6 is 0 Å². The summed E-state index contributed by atoms with van der Waals surface area (Å²) < 4.78 is 1.90. The fourth-order valence-electron chi connectivity index (χ4n) is 5.22. The molecule has 5 rings (SSSR count). The second-order valence-electron chi connectivity index (χ2n) is 8.74. The van der Waals surface area contributed by atoms with E-state index in [4.69, 9.17) is 0 Å². The van der Waals surface area contributed by atoms with Gasteiger partial charge in [0.05, 0.1) is 6.20 Å². The van der Waals surface area contributed by atoms with Crippen LogP contribution in [-0.2, 0) is 32.1 Å². The fourth-order valence-corrected chi connectivity index (χ4v) is 5.22. The Bertz CT molecular complexity index is 956. The molecule has 0 N–H and O–H groups in total. The first kappa shape index (κ1) is 18.5. The molecule has 1 fully saturated rings. The van der Waals surface area contributed by atoms with Gasteiger partial charge in [-0.25, -0.2) is 0 Å². The van der Waals surface area contributed by atoms with E-state index in [1.807, 2.05) is 30.3 Å². The van der Waals surface area contributed by atoms with Crippen LogP contribution in [0.4, 0.5) is 0 Å². The first-order chi connectivity index (χ1) is 14.2. The third kappa shape index (κ3) is 3.85. The average Bonchev–Trinajstić information content (AvgIpc) is 3.15. The highest BCUT2D eigenvalue weighted by Gasteiger charge is 2.41. The molecule has 0 atom stereocenters. The molecule has 0 bridgehead atoms. The topological polar surface area (TPSA) is 37.2 Å². The van der Waals surface area contributed by atoms with E-state index in [1.54, 1.807) is 5.56 Å². The van der Waals surface area contributed by atoms with E-state index < -0.39 is 0 Å². The molecule has 1 aromatic carbocycles. The van der Waals surface area contributed by atoms with E-state index >= 15 is 0 Å². The van der Waals surface area contributed by atoms with Crippen LogP contribution in [0.1, 0.15) is 35.1 Å². The Morgan fingerprint density at radius 3 is 2.45 bits per heavy atom. The SMILES string of the molecule is Cn1cc(CN2CCC3(CC2)CN(Cc2ccncc2)Cc2ccccc23)cn1. The molecule has 1 spiro atoms. The monoisotopic (exact) mass is 387 g/mol.